The molecule has 4 heteroatoms. The van der Waals surface area contributed by atoms with Crippen LogP contribution in [0.15, 0.2) is 18.2 Å². The first kappa shape index (κ1) is 14.1. The van der Waals surface area contributed by atoms with E-state index >= 15 is 0 Å². The average Bonchev–Trinajstić information content (AvgIpc) is 2.24. The number of methoxy groups -OCH3 is 1. The lowest BCUT2D eigenvalue weighted by molar-refractivity contribution is -0.130. The van der Waals surface area contributed by atoms with E-state index in [1.165, 1.54) is 25.3 Å². The van der Waals surface area contributed by atoms with Crippen LogP contribution in [0.4, 0.5) is 4.39 Å². The molecule has 0 aliphatic heterocycles. The molecule has 2 nitrogen and oxygen atoms in total. The minimum Gasteiger partial charge on any atom is -0.373 e. The molecule has 0 aliphatic carbocycles. The van der Waals surface area contributed by atoms with E-state index in [4.69, 9.17) is 16.3 Å². The summed E-state index contributed by atoms with van der Waals surface area (Å²) >= 11 is 5.91. The summed E-state index contributed by atoms with van der Waals surface area (Å²) in [5.41, 5.74) is 0.499. The molecule has 1 aromatic rings. The van der Waals surface area contributed by atoms with Crippen LogP contribution in [0.5, 0.6) is 0 Å². The van der Waals surface area contributed by atoms with E-state index in [0.29, 0.717) is 10.6 Å². The number of hydrogen-bond acceptors (Lipinski definition) is 2. The predicted octanol–water partition coefficient (Wildman–Crippen LogP) is 3.26. The Bertz CT molecular complexity index is 404. The molecule has 17 heavy (non-hydrogen) atoms. The molecule has 1 rings (SSSR count). The highest BCUT2D eigenvalue weighted by atomic mass is 35.5. The van der Waals surface area contributed by atoms with Gasteiger partial charge in [0.2, 0.25) is 0 Å². The van der Waals surface area contributed by atoms with Crippen molar-refractivity contribution in [2.45, 2.75) is 26.4 Å². The van der Waals surface area contributed by atoms with E-state index in [0.717, 1.165) is 0 Å². The van der Waals surface area contributed by atoms with Crippen LogP contribution < -0.4 is 0 Å². The van der Waals surface area contributed by atoms with Crippen molar-refractivity contribution >= 4 is 17.4 Å². The summed E-state index contributed by atoms with van der Waals surface area (Å²) in [6.45, 7) is 3.80. The molecular formula is C13H16ClFO2. The minimum atomic E-state index is -0.477. The zero-order chi connectivity index (χ0) is 13.0. The van der Waals surface area contributed by atoms with Gasteiger partial charge in [0.15, 0.2) is 5.78 Å². The first-order valence-electron chi connectivity index (χ1n) is 5.45. The van der Waals surface area contributed by atoms with Gasteiger partial charge in [-0.05, 0) is 29.7 Å². The van der Waals surface area contributed by atoms with Crippen LogP contribution in [0, 0.1) is 11.7 Å². The maximum absolute atomic E-state index is 13.0. The van der Waals surface area contributed by atoms with E-state index in [-0.39, 0.29) is 18.1 Å². The number of rotatable bonds is 5. The zero-order valence-corrected chi connectivity index (χ0v) is 10.9. The first-order valence-corrected chi connectivity index (χ1v) is 5.83. The van der Waals surface area contributed by atoms with Crippen molar-refractivity contribution in [3.8, 4) is 0 Å². The molecular weight excluding hydrogens is 243 g/mol. The molecule has 0 amide bonds. The molecule has 0 aliphatic rings. The molecule has 0 bridgehead atoms. The van der Waals surface area contributed by atoms with Gasteiger partial charge in [0, 0.05) is 18.6 Å². The van der Waals surface area contributed by atoms with Crippen LogP contribution in [0.1, 0.15) is 19.4 Å². The Morgan fingerprint density at radius 1 is 1.47 bits per heavy atom. The monoisotopic (exact) mass is 258 g/mol. The Morgan fingerprint density at radius 2 is 2.12 bits per heavy atom. The van der Waals surface area contributed by atoms with Crippen molar-refractivity contribution in [2.75, 3.05) is 7.11 Å². The molecule has 0 fully saturated rings. The van der Waals surface area contributed by atoms with E-state index in [2.05, 4.69) is 0 Å². The number of ketones is 1. The third kappa shape index (κ3) is 3.79. The molecule has 0 N–H and O–H groups in total. The highest BCUT2D eigenvalue weighted by Gasteiger charge is 2.22. The summed E-state index contributed by atoms with van der Waals surface area (Å²) in [7, 11) is 1.50. The molecule has 0 spiro atoms. The summed E-state index contributed by atoms with van der Waals surface area (Å²) in [5.74, 6) is -0.398. The fraction of sp³-hybridized carbons (Fsp3) is 0.462. The highest BCUT2D eigenvalue weighted by Crippen LogP contribution is 2.19. The van der Waals surface area contributed by atoms with Gasteiger partial charge in [0.25, 0.3) is 0 Å². The van der Waals surface area contributed by atoms with E-state index in [9.17, 15) is 9.18 Å². The SMILES string of the molecule is COC(C(=O)Cc1cc(F)ccc1Cl)C(C)C. The smallest absolute Gasteiger partial charge is 0.166 e. The molecule has 0 radical (unpaired) electrons. The number of hydrogen-bond donors (Lipinski definition) is 0. The van der Waals surface area contributed by atoms with Gasteiger partial charge in [-0.25, -0.2) is 4.39 Å². The number of halogens is 2. The van der Waals surface area contributed by atoms with Crippen LogP contribution in [-0.4, -0.2) is 19.0 Å². The first-order chi connectivity index (χ1) is 7.95. The molecule has 1 atom stereocenters. The lowest BCUT2D eigenvalue weighted by Gasteiger charge is -2.18. The highest BCUT2D eigenvalue weighted by molar-refractivity contribution is 6.31. The molecule has 1 aromatic carbocycles. The van der Waals surface area contributed by atoms with Crippen molar-refractivity contribution in [1.82, 2.24) is 0 Å². The van der Waals surface area contributed by atoms with Crippen LogP contribution in [-0.2, 0) is 16.0 Å². The van der Waals surface area contributed by atoms with Gasteiger partial charge in [-0.3, -0.25) is 4.79 Å². The third-order valence-electron chi connectivity index (χ3n) is 2.55. The van der Waals surface area contributed by atoms with Crippen LogP contribution in [0.2, 0.25) is 5.02 Å². The van der Waals surface area contributed by atoms with E-state index in [1.54, 1.807) is 0 Å². The van der Waals surface area contributed by atoms with Crippen molar-refractivity contribution in [3.63, 3.8) is 0 Å². The van der Waals surface area contributed by atoms with Gasteiger partial charge in [-0.15, -0.1) is 0 Å². The van der Waals surface area contributed by atoms with E-state index in [1.807, 2.05) is 13.8 Å². The Morgan fingerprint density at radius 3 is 2.65 bits per heavy atom. The molecule has 94 valence electrons. The van der Waals surface area contributed by atoms with Crippen LogP contribution in [0.3, 0.4) is 0 Å². The van der Waals surface area contributed by atoms with Gasteiger partial charge in [-0.2, -0.15) is 0 Å². The van der Waals surface area contributed by atoms with Gasteiger partial charge >= 0.3 is 0 Å². The van der Waals surface area contributed by atoms with Crippen molar-refractivity contribution in [3.05, 3.63) is 34.6 Å². The number of carbonyl (C=O) groups excluding carboxylic acids is 1. The predicted molar refractivity (Wildman–Crippen MR) is 65.8 cm³/mol. The maximum atomic E-state index is 13.0. The second-order valence-corrected chi connectivity index (χ2v) is 4.69. The van der Waals surface area contributed by atoms with Crippen LogP contribution >= 0.6 is 11.6 Å². The number of carbonyl (C=O) groups is 1. The van der Waals surface area contributed by atoms with Crippen molar-refractivity contribution < 1.29 is 13.9 Å². The van der Waals surface area contributed by atoms with Gasteiger partial charge < -0.3 is 4.74 Å². The number of benzene rings is 1. The summed E-state index contributed by atoms with van der Waals surface area (Å²) in [6, 6.07) is 4.01. The summed E-state index contributed by atoms with van der Waals surface area (Å²) in [5, 5.41) is 0.401. The Hall–Kier alpha value is -0.930. The zero-order valence-electron chi connectivity index (χ0n) is 10.2. The molecule has 0 saturated heterocycles. The molecule has 1 unspecified atom stereocenters. The van der Waals surface area contributed by atoms with Crippen molar-refractivity contribution in [1.29, 1.82) is 0 Å². The average molecular weight is 259 g/mol. The fourth-order valence-corrected chi connectivity index (χ4v) is 1.93. The minimum absolute atomic E-state index is 0.0832. The lowest BCUT2D eigenvalue weighted by Crippen LogP contribution is -2.30. The maximum Gasteiger partial charge on any atom is 0.166 e. The number of Topliss-reactive ketones (excluding diaryl/α,β-unsaturated/α-hetero) is 1. The third-order valence-corrected chi connectivity index (χ3v) is 2.92. The molecule has 0 heterocycles. The van der Waals surface area contributed by atoms with Gasteiger partial charge in [0.1, 0.15) is 11.9 Å². The Kier molecular flexibility index (Phi) is 5.09. The van der Waals surface area contributed by atoms with Crippen LogP contribution in [0.25, 0.3) is 0 Å². The second kappa shape index (κ2) is 6.12. The Balaban J connectivity index is 2.83. The fourth-order valence-electron chi connectivity index (χ4n) is 1.74. The van der Waals surface area contributed by atoms with Gasteiger partial charge in [-0.1, -0.05) is 25.4 Å². The molecule has 0 saturated carbocycles. The standard InChI is InChI=1S/C13H16ClFO2/c1-8(2)13(17-3)12(16)7-9-6-10(15)4-5-11(9)14/h4-6,8,13H,7H2,1-3H3. The summed E-state index contributed by atoms with van der Waals surface area (Å²) < 4.78 is 18.2. The quantitative estimate of drug-likeness (QED) is 0.810. The topological polar surface area (TPSA) is 26.3 Å². The van der Waals surface area contributed by atoms with Gasteiger partial charge in [0.05, 0.1) is 0 Å². The Labute approximate surface area is 106 Å². The lowest BCUT2D eigenvalue weighted by atomic mass is 9.98. The normalized spacial score (nSPS) is 12.8. The largest absolute Gasteiger partial charge is 0.373 e. The summed E-state index contributed by atoms with van der Waals surface area (Å²) in [6.07, 6.45) is -0.387. The van der Waals surface area contributed by atoms with E-state index < -0.39 is 11.9 Å². The molecule has 0 aromatic heterocycles. The summed E-state index contributed by atoms with van der Waals surface area (Å²) in [4.78, 5) is 11.9. The second-order valence-electron chi connectivity index (χ2n) is 4.28. The van der Waals surface area contributed by atoms with Crippen molar-refractivity contribution in [2.24, 2.45) is 5.92 Å². The number of ether oxygens (including phenoxy) is 1.